The topological polar surface area (TPSA) is 149 Å². The Morgan fingerprint density at radius 3 is 2.34 bits per heavy atom. The number of alkyl halides is 1. The molecule has 53 heavy (non-hydrogen) atoms. The Bertz CT molecular complexity index is 1840. The van der Waals surface area contributed by atoms with Crippen LogP contribution in [0, 0.1) is 5.82 Å². The average molecular weight is 842 g/mol. The highest BCUT2D eigenvalue weighted by molar-refractivity contribution is 14.1. The molecule has 5 N–H and O–H groups in total. The molecule has 2 aliphatic heterocycles. The van der Waals surface area contributed by atoms with Gasteiger partial charge in [0.25, 0.3) is 0 Å². The lowest BCUT2D eigenvalue weighted by Gasteiger charge is -2.43. The summed E-state index contributed by atoms with van der Waals surface area (Å²) >= 11 is 2.30. The number of phenolic OH excluding ortho intramolecular Hbond substituents is 1. The Morgan fingerprint density at radius 2 is 1.68 bits per heavy atom. The minimum absolute atomic E-state index is 0.0624. The van der Waals surface area contributed by atoms with E-state index in [0.717, 1.165) is 5.56 Å². The Labute approximate surface area is 322 Å². The number of phenols is 1. The predicted octanol–water partition coefficient (Wildman–Crippen LogP) is 6.73. The molecule has 282 valence electrons. The van der Waals surface area contributed by atoms with Gasteiger partial charge in [-0.2, -0.15) is 0 Å². The number of ether oxygens (including phenoxy) is 3. The summed E-state index contributed by atoms with van der Waals surface area (Å²) in [6.07, 6.45) is 2.35. The number of aromatic hydroxyl groups is 1. The summed E-state index contributed by atoms with van der Waals surface area (Å²) < 4.78 is 30.9. The van der Waals surface area contributed by atoms with Crippen LogP contribution in [0.15, 0.2) is 103 Å². The molecule has 4 unspecified atom stereocenters. The molecule has 2 heterocycles. The Balaban J connectivity index is 1.26. The fourth-order valence-corrected chi connectivity index (χ4v) is 7.45. The number of carbonyl (C=O) groups is 1. The number of halogens is 2. The van der Waals surface area contributed by atoms with Crippen molar-refractivity contribution in [3.8, 4) is 16.9 Å². The van der Waals surface area contributed by atoms with E-state index in [1.807, 2.05) is 43.4 Å². The Hall–Kier alpha value is -3.63. The SMILES string of the molecule is CC(C)O[C@@H]1C(CO)OC(c2ccc(-c3ccc([C@@H]4[C@@H](CC[C@H](O)c5ccc(F)cc5)OC(=O)N4C4=CC=CC(C)(I)C=C4)c(O)c3)cc2)[C@H](O)C1O. The van der Waals surface area contributed by atoms with Crippen molar-refractivity contribution in [3.05, 3.63) is 125 Å². The molecule has 3 aromatic rings. The first-order valence-electron chi connectivity index (χ1n) is 17.7. The Kier molecular flexibility index (Phi) is 12.1. The number of carbonyl (C=O) groups excluding carboxylic acids is 1. The zero-order chi connectivity index (χ0) is 38.0. The number of allylic oxidation sites excluding steroid dienone is 5. The van der Waals surface area contributed by atoms with Gasteiger partial charge in [-0.1, -0.05) is 89.3 Å². The van der Waals surface area contributed by atoms with Gasteiger partial charge in [0.1, 0.15) is 54.2 Å². The normalized spacial score (nSPS) is 29.2. The molecule has 3 aromatic carbocycles. The lowest BCUT2D eigenvalue weighted by atomic mass is 9.89. The van der Waals surface area contributed by atoms with E-state index in [1.54, 1.807) is 50.2 Å². The molecule has 2 fully saturated rings. The van der Waals surface area contributed by atoms with Crippen LogP contribution in [-0.4, -0.2) is 83.2 Å². The summed E-state index contributed by atoms with van der Waals surface area (Å²) in [4.78, 5) is 15.1. The molecule has 0 spiro atoms. The van der Waals surface area contributed by atoms with Crippen LogP contribution in [0.2, 0.25) is 0 Å². The van der Waals surface area contributed by atoms with E-state index in [2.05, 4.69) is 22.6 Å². The highest BCUT2D eigenvalue weighted by Gasteiger charge is 2.47. The first kappa shape index (κ1) is 39.1. The molecule has 3 aliphatic rings. The van der Waals surface area contributed by atoms with Gasteiger partial charge in [-0.15, -0.1) is 0 Å². The number of nitrogens with zero attached hydrogens (tertiary/aromatic N) is 1. The van der Waals surface area contributed by atoms with Crippen LogP contribution in [0.4, 0.5) is 9.18 Å². The van der Waals surface area contributed by atoms with Gasteiger partial charge in [-0.3, -0.25) is 4.90 Å². The lowest BCUT2D eigenvalue weighted by Crippen LogP contribution is -2.56. The van der Waals surface area contributed by atoms with Gasteiger partial charge in [0.15, 0.2) is 0 Å². The Morgan fingerprint density at radius 1 is 0.981 bits per heavy atom. The molecule has 1 aliphatic carbocycles. The summed E-state index contributed by atoms with van der Waals surface area (Å²) in [5, 5.41) is 54.2. The van der Waals surface area contributed by atoms with E-state index in [9.17, 15) is 34.7 Å². The van der Waals surface area contributed by atoms with Gasteiger partial charge in [0.2, 0.25) is 0 Å². The molecule has 0 saturated carbocycles. The van der Waals surface area contributed by atoms with Crippen LogP contribution in [0.1, 0.15) is 68.6 Å². The quantitative estimate of drug-likeness (QED) is 0.105. The highest BCUT2D eigenvalue weighted by Crippen LogP contribution is 2.44. The zero-order valence-corrected chi connectivity index (χ0v) is 31.8. The highest BCUT2D eigenvalue weighted by atomic mass is 127. The molecule has 1 amide bonds. The molecular formula is C41H45FINO9. The summed E-state index contributed by atoms with van der Waals surface area (Å²) in [5.41, 5.74) is 3.60. The lowest BCUT2D eigenvalue weighted by molar-refractivity contribution is -0.251. The van der Waals surface area contributed by atoms with Crippen LogP contribution >= 0.6 is 22.6 Å². The van der Waals surface area contributed by atoms with Crippen molar-refractivity contribution in [2.45, 2.75) is 91.9 Å². The second-order valence-corrected chi connectivity index (χ2v) is 16.4. The largest absolute Gasteiger partial charge is 0.508 e. The molecule has 6 rings (SSSR count). The fraction of sp³-hybridized carbons (Fsp3) is 0.390. The maximum atomic E-state index is 13.6. The van der Waals surface area contributed by atoms with E-state index in [0.29, 0.717) is 28.0 Å². The van der Waals surface area contributed by atoms with Gasteiger partial charge in [0, 0.05) is 11.3 Å². The maximum absolute atomic E-state index is 13.6. The number of aliphatic hydroxyl groups excluding tert-OH is 4. The summed E-state index contributed by atoms with van der Waals surface area (Å²) in [5.74, 6) is -0.469. The second-order valence-electron chi connectivity index (χ2n) is 14.1. The van der Waals surface area contributed by atoms with E-state index in [4.69, 9.17) is 14.2 Å². The third kappa shape index (κ3) is 8.69. The van der Waals surface area contributed by atoms with E-state index >= 15 is 0 Å². The first-order chi connectivity index (χ1) is 25.3. The average Bonchev–Trinajstić information content (AvgIpc) is 3.34. The number of benzene rings is 3. The number of hydrogen-bond acceptors (Lipinski definition) is 9. The van der Waals surface area contributed by atoms with Crippen LogP contribution < -0.4 is 0 Å². The number of rotatable bonds is 11. The maximum Gasteiger partial charge on any atom is 0.415 e. The van der Waals surface area contributed by atoms with Crippen LogP contribution in [0.3, 0.4) is 0 Å². The number of amides is 1. The number of cyclic esters (lactones) is 1. The van der Waals surface area contributed by atoms with Gasteiger partial charge >= 0.3 is 6.09 Å². The van der Waals surface area contributed by atoms with Gasteiger partial charge < -0.3 is 39.7 Å². The van der Waals surface area contributed by atoms with Crippen LogP contribution in [0.25, 0.3) is 11.1 Å². The number of aliphatic hydroxyl groups is 4. The molecule has 12 heteroatoms. The molecule has 0 bridgehead atoms. The first-order valence-corrected chi connectivity index (χ1v) is 18.8. The molecule has 10 nitrogen and oxygen atoms in total. The van der Waals surface area contributed by atoms with Crippen molar-refractivity contribution in [1.29, 1.82) is 0 Å². The number of hydrogen-bond donors (Lipinski definition) is 5. The molecule has 0 radical (unpaired) electrons. The molecule has 2 saturated heterocycles. The molecule has 0 aromatic heterocycles. The van der Waals surface area contributed by atoms with Crippen molar-refractivity contribution in [2.75, 3.05) is 6.61 Å². The van der Waals surface area contributed by atoms with Gasteiger partial charge in [-0.25, -0.2) is 9.18 Å². The van der Waals surface area contributed by atoms with Crippen molar-refractivity contribution < 1.29 is 48.9 Å². The van der Waals surface area contributed by atoms with E-state index in [1.165, 1.54) is 29.2 Å². The fourth-order valence-electron chi connectivity index (χ4n) is 7.06. The van der Waals surface area contributed by atoms with Crippen LogP contribution in [-0.2, 0) is 14.2 Å². The summed E-state index contributed by atoms with van der Waals surface area (Å²) in [6.45, 7) is 5.23. The molecular weight excluding hydrogens is 796 g/mol. The van der Waals surface area contributed by atoms with Crippen molar-refractivity contribution in [1.82, 2.24) is 4.90 Å². The monoisotopic (exact) mass is 841 g/mol. The van der Waals surface area contributed by atoms with E-state index in [-0.39, 0.29) is 28.1 Å². The third-order valence-electron chi connectivity index (χ3n) is 9.82. The van der Waals surface area contributed by atoms with Gasteiger partial charge in [-0.05, 0) is 86.2 Å². The van der Waals surface area contributed by atoms with Crippen molar-refractivity contribution >= 4 is 28.7 Å². The zero-order valence-electron chi connectivity index (χ0n) is 29.6. The van der Waals surface area contributed by atoms with Crippen LogP contribution in [0.5, 0.6) is 5.75 Å². The standard InChI is InChI=1S/C41H45FINO9/c1-23(2)51-39-34(22-45)52-38(36(48)37(39)49)26-8-6-24(7-9-26)27-12-15-30(32(47)21-27)35-33(17-16-31(46)25-10-13-28(42)14-11-25)53-40(50)44(35)29-5-4-19-41(3,43)20-18-29/h4-15,18-21,23,31,33-39,45-49H,16-17,22H2,1-3H3/t31-,33+,34?,35+,36+,37?,38?,39+,41?/m0/s1. The van der Waals surface area contributed by atoms with Crippen molar-refractivity contribution in [2.24, 2.45) is 0 Å². The minimum atomic E-state index is -1.29. The summed E-state index contributed by atoms with van der Waals surface area (Å²) in [7, 11) is 0. The third-order valence-corrected chi connectivity index (χ3v) is 10.5. The summed E-state index contributed by atoms with van der Waals surface area (Å²) in [6, 6.07) is 17.2. The van der Waals surface area contributed by atoms with E-state index < -0.39 is 67.3 Å². The smallest absolute Gasteiger partial charge is 0.415 e. The second kappa shape index (κ2) is 16.4. The predicted molar refractivity (Wildman–Crippen MR) is 204 cm³/mol. The minimum Gasteiger partial charge on any atom is -0.508 e. The van der Waals surface area contributed by atoms with Gasteiger partial charge in [0.05, 0.1) is 22.2 Å². The van der Waals surface area contributed by atoms with Crippen molar-refractivity contribution in [3.63, 3.8) is 0 Å². The molecule has 9 atom stereocenters.